The van der Waals surface area contributed by atoms with E-state index in [2.05, 4.69) is 10.2 Å². The minimum Gasteiger partial charge on any atom is -0.317 e. The smallest absolute Gasteiger partial charge is 0.0130 e. The fourth-order valence-corrected chi connectivity index (χ4v) is 3.24. The molecule has 13 heavy (non-hydrogen) atoms. The molecule has 0 bridgehead atoms. The lowest BCUT2D eigenvalue weighted by atomic mass is 10.0. The molecule has 0 radical (unpaired) electrons. The van der Waals surface area contributed by atoms with Crippen molar-refractivity contribution in [2.75, 3.05) is 19.6 Å². The van der Waals surface area contributed by atoms with E-state index in [0.717, 1.165) is 18.0 Å². The predicted molar refractivity (Wildman–Crippen MR) is 53.7 cm³/mol. The number of piperidine rings is 2. The third-order valence-corrected chi connectivity index (χ3v) is 4.08. The van der Waals surface area contributed by atoms with Gasteiger partial charge in [-0.1, -0.05) is 0 Å². The fraction of sp³-hybridized carbons (Fsp3) is 1.00. The zero-order valence-electron chi connectivity index (χ0n) is 8.34. The first kappa shape index (κ1) is 8.25. The standard InChI is InChI=1S/C11H20N2/c1-2-9-8-11(9)13(7-1)10-3-5-12-6-4-10/h9-12H,1-8H2. The predicted octanol–water partition coefficient (Wildman–Crippen LogP) is 1.22. The van der Waals surface area contributed by atoms with Crippen LogP contribution in [-0.4, -0.2) is 36.6 Å². The number of hydrogen-bond donors (Lipinski definition) is 1. The maximum Gasteiger partial charge on any atom is 0.0130 e. The van der Waals surface area contributed by atoms with E-state index < -0.39 is 0 Å². The van der Waals surface area contributed by atoms with E-state index in [4.69, 9.17) is 0 Å². The van der Waals surface area contributed by atoms with E-state index in [0.29, 0.717) is 0 Å². The van der Waals surface area contributed by atoms with Gasteiger partial charge in [0.25, 0.3) is 0 Å². The van der Waals surface area contributed by atoms with Crippen LogP contribution < -0.4 is 5.32 Å². The molecule has 3 rings (SSSR count). The lowest BCUT2D eigenvalue weighted by Crippen LogP contribution is -2.46. The molecule has 2 atom stereocenters. The second-order valence-corrected chi connectivity index (χ2v) is 4.92. The van der Waals surface area contributed by atoms with Crippen molar-refractivity contribution in [1.29, 1.82) is 0 Å². The van der Waals surface area contributed by atoms with Gasteiger partial charge in [-0.3, -0.25) is 4.90 Å². The Balaban J connectivity index is 1.62. The van der Waals surface area contributed by atoms with Crippen LogP contribution in [0.2, 0.25) is 0 Å². The minimum absolute atomic E-state index is 0.927. The van der Waals surface area contributed by atoms with Gasteiger partial charge in [-0.25, -0.2) is 0 Å². The Morgan fingerprint density at radius 1 is 1.08 bits per heavy atom. The summed E-state index contributed by atoms with van der Waals surface area (Å²) < 4.78 is 0. The average Bonchev–Trinajstić information content (AvgIpc) is 2.97. The molecule has 2 nitrogen and oxygen atoms in total. The molecular formula is C11H20N2. The topological polar surface area (TPSA) is 15.3 Å². The molecule has 3 fully saturated rings. The maximum atomic E-state index is 3.46. The second kappa shape index (κ2) is 3.25. The Morgan fingerprint density at radius 3 is 2.77 bits per heavy atom. The van der Waals surface area contributed by atoms with Gasteiger partial charge in [0.15, 0.2) is 0 Å². The summed E-state index contributed by atoms with van der Waals surface area (Å²) >= 11 is 0. The zero-order valence-corrected chi connectivity index (χ0v) is 8.34. The first-order valence-electron chi connectivity index (χ1n) is 5.91. The van der Waals surface area contributed by atoms with Gasteiger partial charge in [-0.2, -0.15) is 0 Å². The van der Waals surface area contributed by atoms with Crippen LogP contribution in [0.3, 0.4) is 0 Å². The normalized spacial score (nSPS) is 41.5. The molecule has 1 saturated carbocycles. The Hall–Kier alpha value is -0.0800. The minimum atomic E-state index is 0.927. The third-order valence-electron chi connectivity index (χ3n) is 4.08. The van der Waals surface area contributed by atoms with Gasteiger partial charge in [0.05, 0.1) is 0 Å². The summed E-state index contributed by atoms with van der Waals surface area (Å²) in [6, 6.07) is 1.94. The van der Waals surface area contributed by atoms with Gasteiger partial charge < -0.3 is 5.32 Å². The average molecular weight is 180 g/mol. The molecule has 0 aromatic carbocycles. The van der Waals surface area contributed by atoms with E-state index in [-0.39, 0.29) is 0 Å². The van der Waals surface area contributed by atoms with E-state index in [1.807, 2.05) is 0 Å². The second-order valence-electron chi connectivity index (χ2n) is 4.92. The number of fused-ring (bicyclic) bond motifs is 1. The highest BCUT2D eigenvalue weighted by atomic mass is 15.2. The SMILES string of the molecule is C1CC2CC2N(C2CCNCC2)C1. The Kier molecular flexibility index (Phi) is 2.06. The van der Waals surface area contributed by atoms with Crippen LogP contribution in [0.15, 0.2) is 0 Å². The molecule has 74 valence electrons. The van der Waals surface area contributed by atoms with Crippen molar-refractivity contribution in [3.8, 4) is 0 Å². The van der Waals surface area contributed by atoms with Crippen LogP contribution >= 0.6 is 0 Å². The first-order chi connectivity index (χ1) is 6.45. The van der Waals surface area contributed by atoms with Gasteiger partial charge in [-0.05, 0) is 57.7 Å². The largest absolute Gasteiger partial charge is 0.317 e. The summed E-state index contributed by atoms with van der Waals surface area (Å²) in [5.41, 5.74) is 0. The third kappa shape index (κ3) is 1.50. The van der Waals surface area contributed by atoms with Crippen LogP contribution in [0.1, 0.15) is 32.1 Å². The lowest BCUT2D eigenvalue weighted by molar-refractivity contribution is 0.125. The van der Waals surface area contributed by atoms with Crippen LogP contribution in [-0.2, 0) is 0 Å². The molecule has 2 heteroatoms. The highest BCUT2D eigenvalue weighted by molar-refractivity contribution is 5.00. The molecule has 1 N–H and O–H groups in total. The Labute approximate surface area is 80.7 Å². The number of nitrogens with one attached hydrogen (secondary N) is 1. The molecule has 3 aliphatic rings. The van der Waals surface area contributed by atoms with Crippen LogP contribution in [0.4, 0.5) is 0 Å². The molecule has 0 aromatic rings. The molecular weight excluding hydrogens is 160 g/mol. The molecule has 2 aliphatic heterocycles. The van der Waals surface area contributed by atoms with Crippen molar-refractivity contribution in [1.82, 2.24) is 10.2 Å². The fourth-order valence-electron chi connectivity index (χ4n) is 3.24. The van der Waals surface area contributed by atoms with Gasteiger partial charge >= 0.3 is 0 Å². The number of hydrogen-bond acceptors (Lipinski definition) is 2. The van der Waals surface area contributed by atoms with Crippen molar-refractivity contribution in [2.45, 2.75) is 44.2 Å². The monoisotopic (exact) mass is 180 g/mol. The van der Waals surface area contributed by atoms with Crippen LogP contribution in [0.25, 0.3) is 0 Å². The number of rotatable bonds is 1. The Morgan fingerprint density at radius 2 is 1.92 bits per heavy atom. The number of likely N-dealkylation sites (tertiary alicyclic amines) is 1. The first-order valence-corrected chi connectivity index (χ1v) is 5.91. The molecule has 0 spiro atoms. The van der Waals surface area contributed by atoms with E-state index in [9.17, 15) is 0 Å². The molecule has 0 aromatic heterocycles. The summed E-state index contributed by atoms with van der Waals surface area (Å²) in [6.45, 7) is 3.89. The van der Waals surface area contributed by atoms with Crippen LogP contribution in [0.5, 0.6) is 0 Å². The summed E-state index contributed by atoms with van der Waals surface area (Å²) in [5, 5.41) is 3.46. The van der Waals surface area contributed by atoms with Gasteiger partial charge in [0.1, 0.15) is 0 Å². The van der Waals surface area contributed by atoms with E-state index >= 15 is 0 Å². The molecule has 2 unspecified atom stereocenters. The number of nitrogens with zero attached hydrogens (tertiary/aromatic N) is 1. The summed E-state index contributed by atoms with van der Waals surface area (Å²) in [6.07, 6.45) is 7.29. The molecule has 0 amide bonds. The molecule has 2 heterocycles. The maximum absolute atomic E-state index is 3.46. The summed E-state index contributed by atoms with van der Waals surface area (Å²) in [4.78, 5) is 2.83. The highest BCUT2D eigenvalue weighted by Crippen LogP contribution is 2.44. The van der Waals surface area contributed by atoms with Crippen molar-refractivity contribution in [2.24, 2.45) is 5.92 Å². The van der Waals surface area contributed by atoms with Crippen molar-refractivity contribution >= 4 is 0 Å². The van der Waals surface area contributed by atoms with Gasteiger partial charge in [0.2, 0.25) is 0 Å². The molecule has 2 saturated heterocycles. The van der Waals surface area contributed by atoms with Gasteiger partial charge in [0, 0.05) is 12.1 Å². The van der Waals surface area contributed by atoms with Crippen molar-refractivity contribution in [3.63, 3.8) is 0 Å². The van der Waals surface area contributed by atoms with Gasteiger partial charge in [-0.15, -0.1) is 0 Å². The molecule has 1 aliphatic carbocycles. The zero-order chi connectivity index (χ0) is 8.67. The van der Waals surface area contributed by atoms with Crippen LogP contribution in [0, 0.1) is 5.92 Å². The lowest BCUT2D eigenvalue weighted by Gasteiger charge is -2.37. The van der Waals surface area contributed by atoms with E-state index in [1.54, 1.807) is 0 Å². The summed E-state index contributed by atoms with van der Waals surface area (Å²) in [5.74, 6) is 1.10. The Bertz CT molecular complexity index is 187. The van der Waals surface area contributed by atoms with Crippen molar-refractivity contribution < 1.29 is 0 Å². The van der Waals surface area contributed by atoms with E-state index in [1.165, 1.54) is 51.7 Å². The quantitative estimate of drug-likeness (QED) is 0.653. The highest BCUT2D eigenvalue weighted by Gasteiger charge is 2.46. The van der Waals surface area contributed by atoms with Crippen molar-refractivity contribution in [3.05, 3.63) is 0 Å². The summed E-state index contributed by atoms with van der Waals surface area (Å²) in [7, 11) is 0.